The molecule has 0 rings (SSSR count). The molecule has 7 heteroatoms. The lowest BCUT2D eigenvalue weighted by Gasteiger charge is -2.15. The van der Waals surface area contributed by atoms with Crippen molar-refractivity contribution in [2.45, 2.75) is 13.8 Å². The molecule has 0 amide bonds. The van der Waals surface area contributed by atoms with Crippen molar-refractivity contribution in [3.05, 3.63) is 0 Å². The standard InChI is InChI=1S/C7H14IO5P/c1-3-12-14(10,13-4-2)5-7(9)11-6-8/h3-6H2,1-2H3. The quantitative estimate of drug-likeness (QED) is 0.309. The van der Waals surface area contributed by atoms with Gasteiger partial charge >= 0.3 is 13.6 Å². The van der Waals surface area contributed by atoms with Gasteiger partial charge in [-0.25, -0.2) is 0 Å². The zero-order valence-corrected chi connectivity index (χ0v) is 11.2. The molecule has 0 bridgehead atoms. The van der Waals surface area contributed by atoms with Crippen LogP contribution in [0.5, 0.6) is 0 Å². The molecular formula is C7H14IO5P. The Morgan fingerprint density at radius 2 is 1.79 bits per heavy atom. The highest BCUT2D eigenvalue weighted by Crippen LogP contribution is 2.47. The molecule has 0 spiro atoms. The van der Waals surface area contributed by atoms with Gasteiger partial charge in [0.2, 0.25) is 0 Å². The van der Waals surface area contributed by atoms with Crippen molar-refractivity contribution < 1.29 is 23.1 Å². The van der Waals surface area contributed by atoms with Crippen molar-refractivity contribution >= 4 is 36.2 Å². The molecule has 0 heterocycles. The highest BCUT2D eigenvalue weighted by atomic mass is 127. The minimum atomic E-state index is -3.28. The molecule has 0 saturated carbocycles. The van der Waals surface area contributed by atoms with Gasteiger partial charge in [-0.2, -0.15) is 0 Å². The fraction of sp³-hybridized carbons (Fsp3) is 0.857. The molecular weight excluding hydrogens is 322 g/mol. The molecule has 0 fully saturated rings. The molecule has 0 saturated heterocycles. The zero-order valence-electron chi connectivity index (χ0n) is 8.19. The zero-order chi connectivity index (χ0) is 11.0. The second-order valence-corrected chi connectivity index (χ2v) is 4.91. The lowest BCUT2D eigenvalue weighted by atomic mass is 10.8. The SMILES string of the molecule is CCOP(=O)(CC(=O)OCI)OCC. The second-order valence-electron chi connectivity index (χ2n) is 2.23. The van der Waals surface area contributed by atoms with Crippen LogP contribution in [0.1, 0.15) is 13.8 Å². The van der Waals surface area contributed by atoms with Crippen molar-refractivity contribution in [2.24, 2.45) is 0 Å². The van der Waals surface area contributed by atoms with E-state index in [0.717, 1.165) is 0 Å². The molecule has 0 aromatic carbocycles. The number of ether oxygens (including phenoxy) is 1. The Kier molecular flexibility index (Phi) is 7.81. The predicted octanol–water partition coefficient (Wildman–Crippen LogP) is 2.19. The van der Waals surface area contributed by atoms with E-state index in [9.17, 15) is 9.36 Å². The normalized spacial score (nSPS) is 11.4. The van der Waals surface area contributed by atoms with E-state index in [1.54, 1.807) is 13.8 Å². The van der Waals surface area contributed by atoms with E-state index in [1.807, 2.05) is 22.6 Å². The van der Waals surface area contributed by atoms with Gasteiger partial charge in [0.15, 0.2) is 0 Å². The summed E-state index contributed by atoms with van der Waals surface area (Å²) < 4.78 is 26.5. The summed E-state index contributed by atoms with van der Waals surface area (Å²) in [7, 11) is -3.28. The van der Waals surface area contributed by atoms with Gasteiger partial charge < -0.3 is 13.8 Å². The first-order valence-corrected chi connectivity index (χ1v) is 7.43. The third-order valence-corrected chi connectivity index (χ3v) is 3.45. The number of alkyl halides is 1. The number of esters is 1. The van der Waals surface area contributed by atoms with E-state index in [4.69, 9.17) is 9.05 Å². The molecule has 0 atom stereocenters. The maximum absolute atomic E-state index is 11.8. The van der Waals surface area contributed by atoms with Gasteiger partial charge in [-0.1, -0.05) is 0 Å². The largest absolute Gasteiger partial charge is 0.455 e. The lowest BCUT2D eigenvalue weighted by molar-refractivity contribution is -0.138. The van der Waals surface area contributed by atoms with Crippen LogP contribution >= 0.6 is 30.2 Å². The molecule has 0 aliphatic carbocycles. The Hall–Kier alpha value is 0.350. The van der Waals surface area contributed by atoms with Crippen LogP contribution in [0.2, 0.25) is 0 Å². The summed E-state index contributed by atoms with van der Waals surface area (Å²) in [5, 5.41) is 0. The van der Waals surface area contributed by atoms with E-state index < -0.39 is 13.6 Å². The number of carbonyl (C=O) groups excluding carboxylic acids is 1. The highest BCUT2D eigenvalue weighted by Gasteiger charge is 2.28. The predicted molar refractivity (Wildman–Crippen MR) is 60.7 cm³/mol. The summed E-state index contributed by atoms with van der Waals surface area (Å²) in [6.07, 6.45) is -0.322. The molecule has 0 aromatic heterocycles. The molecule has 0 aliphatic rings. The first-order chi connectivity index (χ1) is 6.58. The van der Waals surface area contributed by atoms with Crippen molar-refractivity contribution in [2.75, 3.05) is 24.0 Å². The van der Waals surface area contributed by atoms with Gasteiger partial charge in [-0.15, -0.1) is 0 Å². The Morgan fingerprint density at radius 1 is 1.29 bits per heavy atom. The van der Waals surface area contributed by atoms with Crippen LogP contribution in [0.3, 0.4) is 0 Å². The molecule has 0 N–H and O–H groups in total. The van der Waals surface area contributed by atoms with Crippen LogP contribution in [0.15, 0.2) is 0 Å². The second kappa shape index (κ2) is 7.62. The molecule has 5 nitrogen and oxygen atoms in total. The number of carbonyl (C=O) groups is 1. The number of hydrogen-bond acceptors (Lipinski definition) is 5. The van der Waals surface area contributed by atoms with E-state index >= 15 is 0 Å². The van der Waals surface area contributed by atoms with Crippen molar-refractivity contribution in [3.63, 3.8) is 0 Å². The maximum Gasteiger partial charge on any atom is 0.341 e. The van der Waals surface area contributed by atoms with Crippen LogP contribution in [-0.2, 0) is 23.1 Å². The lowest BCUT2D eigenvalue weighted by Crippen LogP contribution is -2.12. The van der Waals surface area contributed by atoms with Crippen LogP contribution in [0, 0.1) is 0 Å². The smallest absolute Gasteiger partial charge is 0.341 e. The summed E-state index contributed by atoms with van der Waals surface area (Å²) in [6.45, 7) is 3.87. The first-order valence-electron chi connectivity index (χ1n) is 4.17. The van der Waals surface area contributed by atoms with Crippen molar-refractivity contribution in [3.8, 4) is 0 Å². The average molecular weight is 336 g/mol. The number of rotatable bonds is 7. The van der Waals surface area contributed by atoms with Crippen LogP contribution in [-0.4, -0.2) is 30.0 Å². The minimum Gasteiger partial charge on any atom is -0.455 e. The van der Waals surface area contributed by atoms with Crippen LogP contribution in [0.25, 0.3) is 0 Å². The van der Waals surface area contributed by atoms with Gasteiger partial charge in [0, 0.05) is 0 Å². The van der Waals surface area contributed by atoms with Crippen molar-refractivity contribution in [1.82, 2.24) is 0 Å². The fourth-order valence-corrected chi connectivity index (χ4v) is 2.59. The topological polar surface area (TPSA) is 61.8 Å². The van der Waals surface area contributed by atoms with Crippen LogP contribution < -0.4 is 0 Å². The summed E-state index contributed by atoms with van der Waals surface area (Å²) in [5.41, 5.74) is 0. The molecule has 0 radical (unpaired) electrons. The minimum absolute atomic E-state index is 0.231. The monoisotopic (exact) mass is 336 g/mol. The highest BCUT2D eigenvalue weighted by molar-refractivity contribution is 14.1. The summed E-state index contributed by atoms with van der Waals surface area (Å²) >= 11 is 1.88. The third-order valence-electron chi connectivity index (χ3n) is 1.19. The van der Waals surface area contributed by atoms with Gasteiger partial charge in [0.05, 0.1) is 13.2 Å². The summed E-state index contributed by atoms with van der Waals surface area (Å²) in [6, 6.07) is 0. The van der Waals surface area contributed by atoms with E-state index in [-0.39, 0.29) is 24.0 Å². The fourth-order valence-electron chi connectivity index (χ4n) is 0.787. The van der Waals surface area contributed by atoms with Crippen molar-refractivity contribution in [1.29, 1.82) is 0 Å². The Labute approximate surface area is 97.2 Å². The van der Waals surface area contributed by atoms with Gasteiger partial charge in [-0.3, -0.25) is 9.36 Å². The average Bonchev–Trinajstić information content (AvgIpc) is 2.04. The summed E-state index contributed by atoms with van der Waals surface area (Å²) in [4.78, 5) is 11.0. The third kappa shape index (κ3) is 5.95. The first kappa shape index (κ1) is 14.3. The van der Waals surface area contributed by atoms with Gasteiger partial charge in [0.1, 0.15) is 10.8 Å². The molecule has 0 aromatic rings. The van der Waals surface area contributed by atoms with Crippen LogP contribution in [0.4, 0.5) is 0 Å². The number of halogens is 1. The van der Waals surface area contributed by atoms with Gasteiger partial charge in [0.25, 0.3) is 0 Å². The molecule has 0 unspecified atom stereocenters. The Morgan fingerprint density at radius 3 is 2.14 bits per heavy atom. The Balaban J connectivity index is 4.21. The van der Waals surface area contributed by atoms with E-state index in [0.29, 0.717) is 0 Å². The molecule has 84 valence electrons. The number of hydrogen-bond donors (Lipinski definition) is 0. The molecule has 14 heavy (non-hydrogen) atoms. The van der Waals surface area contributed by atoms with E-state index in [2.05, 4.69) is 4.74 Å². The summed E-state index contributed by atoms with van der Waals surface area (Å²) in [5.74, 6) is -0.565. The maximum atomic E-state index is 11.8. The van der Waals surface area contributed by atoms with E-state index in [1.165, 1.54) is 0 Å². The Bertz CT molecular complexity index is 210. The molecule has 0 aliphatic heterocycles. The van der Waals surface area contributed by atoms with Gasteiger partial charge in [-0.05, 0) is 36.4 Å².